The van der Waals surface area contributed by atoms with E-state index in [1.54, 1.807) is 6.07 Å². The Bertz CT molecular complexity index is 449. The zero-order chi connectivity index (χ0) is 13.2. The monoisotopic (exact) mass is 352 g/mol. The predicted octanol–water partition coefficient (Wildman–Crippen LogP) is 3.64. The molecule has 3 nitrogen and oxygen atoms in total. The summed E-state index contributed by atoms with van der Waals surface area (Å²) < 4.78 is 0. The molecule has 0 spiro atoms. The molecule has 6 heteroatoms. The molecule has 1 aromatic rings. The van der Waals surface area contributed by atoms with Crippen LogP contribution in [0.4, 0.5) is 0 Å². The molecule has 120 valence electrons. The second kappa shape index (κ2) is 8.44. The number of halogens is 3. The third-order valence-electron chi connectivity index (χ3n) is 4.45. The van der Waals surface area contributed by atoms with Crippen LogP contribution in [-0.4, -0.2) is 36.2 Å². The third-order valence-corrected chi connectivity index (χ3v) is 4.76. The summed E-state index contributed by atoms with van der Waals surface area (Å²) in [7, 11) is 0. The Kier molecular flexibility index (Phi) is 7.58. The molecule has 1 aliphatic heterocycles. The normalized spacial score (nSPS) is 20.8. The summed E-state index contributed by atoms with van der Waals surface area (Å²) in [4.78, 5) is 2.57. The maximum atomic E-state index is 9.59. The van der Waals surface area contributed by atoms with E-state index in [0.29, 0.717) is 11.1 Å². The SMILES string of the molecule is Cl.Cl.Oc1ccc([C@H](C2CCC2)N2CCNCC2)cc1Cl. The highest BCUT2D eigenvalue weighted by Gasteiger charge is 2.33. The molecule has 1 saturated carbocycles. The molecule has 1 heterocycles. The van der Waals surface area contributed by atoms with Crippen molar-refractivity contribution in [3.8, 4) is 5.75 Å². The van der Waals surface area contributed by atoms with Gasteiger partial charge in [0.1, 0.15) is 5.75 Å². The maximum absolute atomic E-state index is 9.59. The maximum Gasteiger partial charge on any atom is 0.134 e. The van der Waals surface area contributed by atoms with Gasteiger partial charge in [0.15, 0.2) is 0 Å². The van der Waals surface area contributed by atoms with E-state index < -0.39 is 0 Å². The van der Waals surface area contributed by atoms with Crippen molar-refractivity contribution in [2.45, 2.75) is 25.3 Å². The molecule has 0 aromatic heterocycles. The number of hydrogen-bond acceptors (Lipinski definition) is 3. The molecule has 2 aliphatic rings. The van der Waals surface area contributed by atoms with E-state index in [9.17, 15) is 5.11 Å². The van der Waals surface area contributed by atoms with E-state index >= 15 is 0 Å². The lowest BCUT2D eigenvalue weighted by atomic mass is 9.76. The van der Waals surface area contributed by atoms with Crippen LogP contribution in [-0.2, 0) is 0 Å². The number of nitrogens with one attached hydrogen (secondary N) is 1. The van der Waals surface area contributed by atoms with Crippen LogP contribution in [0.1, 0.15) is 30.9 Å². The average Bonchev–Trinajstić information content (AvgIpc) is 2.38. The van der Waals surface area contributed by atoms with Crippen molar-refractivity contribution in [2.75, 3.05) is 26.2 Å². The highest BCUT2D eigenvalue weighted by Crippen LogP contribution is 2.42. The lowest BCUT2D eigenvalue weighted by Gasteiger charge is -2.43. The second-order valence-corrected chi connectivity index (χ2v) is 6.04. The van der Waals surface area contributed by atoms with Crippen LogP contribution < -0.4 is 5.32 Å². The fourth-order valence-electron chi connectivity index (χ4n) is 3.20. The molecule has 1 atom stereocenters. The minimum atomic E-state index is 0. The number of piperazine rings is 1. The Balaban J connectivity index is 0.00000110. The number of phenolic OH excluding ortho intramolecular Hbond substituents is 1. The fraction of sp³-hybridized carbons (Fsp3) is 0.600. The standard InChI is InChI=1S/C15H21ClN2O.2ClH/c16-13-10-12(4-5-14(13)19)15(11-2-1-3-11)18-8-6-17-7-9-18;;/h4-5,10-11,15,17,19H,1-3,6-9H2;2*1H/t15-;;/m0../s1. The van der Waals surface area contributed by atoms with Crippen molar-refractivity contribution in [1.82, 2.24) is 10.2 Å². The third kappa shape index (κ3) is 4.17. The first-order valence-corrected chi connectivity index (χ1v) is 7.56. The topological polar surface area (TPSA) is 35.5 Å². The summed E-state index contributed by atoms with van der Waals surface area (Å²) in [5.41, 5.74) is 1.26. The van der Waals surface area contributed by atoms with Crippen LogP contribution in [0, 0.1) is 5.92 Å². The summed E-state index contributed by atoms with van der Waals surface area (Å²) in [5, 5.41) is 13.5. The molecule has 0 amide bonds. The molecule has 1 aliphatic carbocycles. The van der Waals surface area contributed by atoms with Gasteiger partial charge in [-0.3, -0.25) is 4.90 Å². The van der Waals surface area contributed by atoms with Crippen molar-refractivity contribution >= 4 is 36.4 Å². The number of hydrogen-bond donors (Lipinski definition) is 2. The highest BCUT2D eigenvalue weighted by atomic mass is 35.5. The smallest absolute Gasteiger partial charge is 0.134 e. The molecule has 0 unspecified atom stereocenters. The van der Waals surface area contributed by atoms with E-state index in [4.69, 9.17) is 11.6 Å². The molecule has 3 rings (SSSR count). The van der Waals surface area contributed by atoms with Crippen LogP contribution >= 0.6 is 36.4 Å². The Morgan fingerprint density at radius 2 is 1.86 bits per heavy atom. The fourth-order valence-corrected chi connectivity index (χ4v) is 3.39. The Morgan fingerprint density at radius 3 is 2.38 bits per heavy atom. The number of phenols is 1. The minimum absolute atomic E-state index is 0. The first-order chi connectivity index (χ1) is 9.25. The first-order valence-electron chi connectivity index (χ1n) is 7.19. The van der Waals surface area contributed by atoms with Crippen molar-refractivity contribution in [3.05, 3.63) is 28.8 Å². The summed E-state index contributed by atoms with van der Waals surface area (Å²) >= 11 is 6.08. The van der Waals surface area contributed by atoms with Crippen LogP contribution in [0.15, 0.2) is 18.2 Å². The van der Waals surface area contributed by atoms with Crippen molar-refractivity contribution < 1.29 is 5.11 Å². The van der Waals surface area contributed by atoms with Gasteiger partial charge in [0.2, 0.25) is 0 Å². The van der Waals surface area contributed by atoms with Crippen LogP contribution in [0.5, 0.6) is 5.75 Å². The number of benzene rings is 1. The molecule has 0 bridgehead atoms. The van der Waals surface area contributed by atoms with E-state index in [1.807, 2.05) is 12.1 Å². The average molecular weight is 354 g/mol. The van der Waals surface area contributed by atoms with Crippen molar-refractivity contribution in [3.63, 3.8) is 0 Å². The minimum Gasteiger partial charge on any atom is -0.506 e. The molecular formula is C15H23Cl3N2O. The second-order valence-electron chi connectivity index (χ2n) is 5.63. The van der Waals surface area contributed by atoms with Gasteiger partial charge in [-0.2, -0.15) is 0 Å². The van der Waals surface area contributed by atoms with E-state index in [1.165, 1.54) is 24.8 Å². The van der Waals surface area contributed by atoms with Gasteiger partial charge in [0.25, 0.3) is 0 Å². The van der Waals surface area contributed by atoms with Crippen LogP contribution in [0.25, 0.3) is 0 Å². The van der Waals surface area contributed by atoms with Gasteiger partial charge < -0.3 is 10.4 Å². The highest BCUT2D eigenvalue weighted by molar-refractivity contribution is 6.32. The lowest BCUT2D eigenvalue weighted by molar-refractivity contribution is 0.0837. The van der Waals surface area contributed by atoms with E-state index in [0.717, 1.165) is 32.1 Å². The van der Waals surface area contributed by atoms with Gasteiger partial charge in [-0.15, -0.1) is 24.8 Å². The zero-order valence-electron chi connectivity index (χ0n) is 11.9. The Morgan fingerprint density at radius 1 is 1.19 bits per heavy atom. The van der Waals surface area contributed by atoms with Crippen LogP contribution in [0.3, 0.4) is 0 Å². The van der Waals surface area contributed by atoms with Crippen molar-refractivity contribution in [2.24, 2.45) is 5.92 Å². The summed E-state index contributed by atoms with van der Waals surface area (Å²) in [6.07, 6.45) is 3.97. The molecule has 1 saturated heterocycles. The molecule has 2 fully saturated rings. The first kappa shape index (κ1) is 18.9. The predicted molar refractivity (Wildman–Crippen MR) is 92.1 cm³/mol. The number of rotatable bonds is 3. The molecular weight excluding hydrogens is 331 g/mol. The number of nitrogens with zero attached hydrogens (tertiary/aromatic N) is 1. The number of aromatic hydroxyl groups is 1. The van der Waals surface area contributed by atoms with Gasteiger partial charge in [-0.1, -0.05) is 24.1 Å². The molecule has 1 aromatic carbocycles. The van der Waals surface area contributed by atoms with Gasteiger partial charge in [-0.25, -0.2) is 0 Å². The summed E-state index contributed by atoms with van der Waals surface area (Å²) in [5.74, 6) is 0.928. The van der Waals surface area contributed by atoms with Crippen LogP contribution in [0.2, 0.25) is 5.02 Å². The molecule has 0 radical (unpaired) electrons. The molecule has 2 N–H and O–H groups in total. The Labute approximate surface area is 143 Å². The Hall–Kier alpha value is -0.190. The quantitative estimate of drug-likeness (QED) is 0.871. The summed E-state index contributed by atoms with van der Waals surface area (Å²) in [6, 6.07) is 6.17. The van der Waals surface area contributed by atoms with E-state index in [2.05, 4.69) is 10.2 Å². The summed E-state index contributed by atoms with van der Waals surface area (Å²) in [6.45, 7) is 4.32. The molecule has 21 heavy (non-hydrogen) atoms. The lowest BCUT2D eigenvalue weighted by Crippen LogP contribution is -2.47. The van der Waals surface area contributed by atoms with Crippen molar-refractivity contribution in [1.29, 1.82) is 0 Å². The van der Waals surface area contributed by atoms with Gasteiger partial charge >= 0.3 is 0 Å². The van der Waals surface area contributed by atoms with E-state index in [-0.39, 0.29) is 30.6 Å². The largest absolute Gasteiger partial charge is 0.506 e. The van der Waals surface area contributed by atoms with Gasteiger partial charge in [0, 0.05) is 32.2 Å². The van der Waals surface area contributed by atoms with Gasteiger partial charge in [0.05, 0.1) is 5.02 Å². The van der Waals surface area contributed by atoms with Gasteiger partial charge in [-0.05, 0) is 36.5 Å². The zero-order valence-corrected chi connectivity index (χ0v) is 14.3.